The zero-order valence-corrected chi connectivity index (χ0v) is 12.3. The third kappa shape index (κ3) is 5.64. The lowest BCUT2D eigenvalue weighted by Crippen LogP contribution is -2.26. The molecule has 0 aliphatic heterocycles. The quantitative estimate of drug-likeness (QED) is 0.798. The van der Waals surface area contributed by atoms with Crippen LogP contribution in [0, 0.1) is 5.41 Å². The van der Waals surface area contributed by atoms with E-state index in [0.29, 0.717) is 11.3 Å². The van der Waals surface area contributed by atoms with Crippen molar-refractivity contribution in [3.63, 3.8) is 0 Å². The van der Waals surface area contributed by atoms with E-state index in [1.807, 2.05) is 0 Å². The fraction of sp³-hybridized carbons (Fsp3) is 0.400. The normalized spacial score (nSPS) is 10.8. The third-order valence-electron chi connectivity index (χ3n) is 2.64. The highest BCUT2D eigenvalue weighted by Gasteiger charge is 2.22. The molecule has 0 saturated heterocycles. The molecule has 0 aliphatic carbocycles. The number of esters is 1. The molecule has 1 rings (SSSR count). The molecule has 0 bridgehead atoms. The molecule has 6 nitrogen and oxygen atoms in total. The van der Waals surface area contributed by atoms with Crippen molar-refractivity contribution in [1.29, 1.82) is 0 Å². The summed E-state index contributed by atoms with van der Waals surface area (Å²) in [7, 11) is 0. The van der Waals surface area contributed by atoms with E-state index in [4.69, 9.17) is 15.2 Å². The number of rotatable bonds is 6. The smallest absolute Gasteiger partial charge is 0.338 e. The number of nitrogens with two attached hydrogens (primary N) is 1. The molecular formula is C15H19NO5. The second-order valence-electron chi connectivity index (χ2n) is 5.53. The first-order valence-electron chi connectivity index (χ1n) is 6.42. The monoisotopic (exact) mass is 293 g/mol. The van der Waals surface area contributed by atoms with E-state index in [0.717, 1.165) is 0 Å². The predicted octanol–water partition coefficient (Wildman–Crippen LogP) is 1.32. The van der Waals surface area contributed by atoms with Gasteiger partial charge < -0.3 is 15.2 Å². The van der Waals surface area contributed by atoms with E-state index in [1.54, 1.807) is 20.8 Å². The number of ketones is 1. The molecule has 0 aromatic heterocycles. The molecule has 0 spiro atoms. The average Bonchev–Trinajstić information content (AvgIpc) is 2.41. The second kappa shape index (κ2) is 6.88. The van der Waals surface area contributed by atoms with Gasteiger partial charge in [0.15, 0.2) is 19.0 Å². The molecular weight excluding hydrogens is 274 g/mol. The highest BCUT2D eigenvalue weighted by Crippen LogP contribution is 2.16. The van der Waals surface area contributed by atoms with Crippen molar-refractivity contribution in [3.8, 4) is 5.75 Å². The van der Waals surface area contributed by atoms with E-state index >= 15 is 0 Å². The molecule has 0 fully saturated rings. The summed E-state index contributed by atoms with van der Waals surface area (Å²) in [6.45, 7) is 4.78. The molecule has 0 saturated carbocycles. The van der Waals surface area contributed by atoms with Gasteiger partial charge in [-0.25, -0.2) is 4.79 Å². The van der Waals surface area contributed by atoms with E-state index in [1.165, 1.54) is 24.3 Å². The molecule has 21 heavy (non-hydrogen) atoms. The number of hydrogen-bond acceptors (Lipinski definition) is 5. The molecule has 6 heteroatoms. The van der Waals surface area contributed by atoms with Crippen LogP contribution in [0.25, 0.3) is 0 Å². The van der Waals surface area contributed by atoms with Crippen molar-refractivity contribution in [3.05, 3.63) is 29.8 Å². The van der Waals surface area contributed by atoms with Gasteiger partial charge in [0.25, 0.3) is 5.91 Å². The van der Waals surface area contributed by atoms with Crippen LogP contribution in [0.15, 0.2) is 24.3 Å². The minimum absolute atomic E-state index is 0.155. The molecule has 2 N–H and O–H groups in total. The second-order valence-corrected chi connectivity index (χ2v) is 5.53. The number of hydrogen-bond donors (Lipinski definition) is 1. The summed E-state index contributed by atoms with van der Waals surface area (Å²) in [5.41, 5.74) is 4.70. The largest absolute Gasteiger partial charge is 0.484 e. The first-order chi connectivity index (χ1) is 9.70. The molecule has 1 amide bonds. The number of ether oxygens (including phenoxy) is 2. The maximum Gasteiger partial charge on any atom is 0.338 e. The van der Waals surface area contributed by atoms with Gasteiger partial charge in [0.1, 0.15) is 5.75 Å². The lowest BCUT2D eigenvalue weighted by atomic mass is 9.91. The zero-order chi connectivity index (χ0) is 16.0. The van der Waals surface area contributed by atoms with Gasteiger partial charge in [0.2, 0.25) is 0 Å². The minimum Gasteiger partial charge on any atom is -0.484 e. The number of carbonyl (C=O) groups is 3. The maximum absolute atomic E-state index is 11.8. The number of primary amides is 1. The van der Waals surface area contributed by atoms with Gasteiger partial charge in [-0.05, 0) is 24.3 Å². The van der Waals surface area contributed by atoms with Crippen LogP contribution in [0.4, 0.5) is 0 Å². The lowest BCUT2D eigenvalue weighted by Gasteiger charge is -2.16. The first-order valence-corrected chi connectivity index (χ1v) is 6.42. The topological polar surface area (TPSA) is 95.7 Å². The molecule has 0 heterocycles. The third-order valence-corrected chi connectivity index (χ3v) is 2.64. The summed E-state index contributed by atoms with van der Waals surface area (Å²) in [5.74, 6) is -0.915. The van der Waals surface area contributed by atoms with Gasteiger partial charge in [0, 0.05) is 5.41 Å². The Hall–Kier alpha value is -2.37. The molecule has 0 aliphatic rings. The van der Waals surface area contributed by atoms with Crippen molar-refractivity contribution in [1.82, 2.24) is 0 Å². The summed E-state index contributed by atoms with van der Waals surface area (Å²) in [5, 5.41) is 0. The van der Waals surface area contributed by atoms with Crippen LogP contribution < -0.4 is 10.5 Å². The molecule has 1 aromatic carbocycles. The fourth-order valence-corrected chi connectivity index (χ4v) is 1.27. The van der Waals surface area contributed by atoms with E-state index in [2.05, 4.69) is 0 Å². The Labute approximate surface area is 123 Å². The Morgan fingerprint density at radius 1 is 1.05 bits per heavy atom. The highest BCUT2D eigenvalue weighted by atomic mass is 16.5. The molecule has 114 valence electrons. The number of Topliss-reactive ketones (excluding diaryl/α,β-unsaturated/α-hetero) is 1. The Morgan fingerprint density at radius 3 is 2.10 bits per heavy atom. The van der Waals surface area contributed by atoms with Gasteiger partial charge in [-0.1, -0.05) is 20.8 Å². The Morgan fingerprint density at radius 2 is 1.62 bits per heavy atom. The summed E-state index contributed by atoms with van der Waals surface area (Å²) >= 11 is 0. The zero-order valence-electron chi connectivity index (χ0n) is 12.3. The SMILES string of the molecule is CC(C)(C)C(=O)COC(=O)c1ccc(OCC(N)=O)cc1. The van der Waals surface area contributed by atoms with Crippen LogP contribution in [0.1, 0.15) is 31.1 Å². The van der Waals surface area contributed by atoms with Crippen LogP contribution in [0.2, 0.25) is 0 Å². The van der Waals surface area contributed by atoms with Crippen LogP contribution in [-0.4, -0.2) is 30.9 Å². The number of carbonyl (C=O) groups excluding carboxylic acids is 3. The summed E-state index contributed by atoms with van der Waals surface area (Å²) in [4.78, 5) is 34.0. The van der Waals surface area contributed by atoms with Gasteiger partial charge in [-0.3, -0.25) is 9.59 Å². The van der Waals surface area contributed by atoms with E-state index < -0.39 is 17.3 Å². The summed E-state index contributed by atoms with van der Waals surface area (Å²) in [6, 6.07) is 6.01. The first kappa shape index (κ1) is 16.7. The predicted molar refractivity (Wildman–Crippen MR) is 75.9 cm³/mol. The van der Waals surface area contributed by atoms with Crippen LogP contribution in [0.5, 0.6) is 5.75 Å². The molecule has 0 radical (unpaired) electrons. The summed E-state index contributed by atoms with van der Waals surface area (Å²) in [6.07, 6.45) is 0. The van der Waals surface area contributed by atoms with Crippen LogP contribution >= 0.6 is 0 Å². The highest BCUT2D eigenvalue weighted by molar-refractivity contribution is 5.92. The standard InChI is InChI=1S/C15H19NO5/c1-15(2,3)12(17)8-21-14(19)10-4-6-11(7-5-10)20-9-13(16)18/h4-7H,8-9H2,1-3H3,(H2,16,18). The minimum atomic E-state index is -0.589. The van der Waals surface area contributed by atoms with Crippen molar-refractivity contribution in [2.45, 2.75) is 20.8 Å². The Kier molecular flexibility index (Phi) is 5.46. The molecule has 0 unspecified atom stereocenters. The van der Waals surface area contributed by atoms with Crippen molar-refractivity contribution >= 4 is 17.7 Å². The Balaban J connectivity index is 2.55. The van der Waals surface area contributed by atoms with Gasteiger partial charge >= 0.3 is 5.97 Å². The van der Waals surface area contributed by atoms with Gasteiger partial charge in [-0.2, -0.15) is 0 Å². The van der Waals surface area contributed by atoms with Crippen molar-refractivity contribution < 1.29 is 23.9 Å². The van der Waals surface area contributed by atoms with E-state index in [9.17, 15) is 14.4 Å². The van der Waals surface area contributed by atoms with Gasteiger partial charge in [-0.15, -0.1) is 0 Å². The summed E-state index contributed by atoms with van der Waals surface area (Å²) < 4.78 is 10.0. The van der Waals surface area contributed by atoms with Gasteiger partial charge in [0.05, 0.1) is 5.56 Å². The van der Waals surface area contributed by atoms with Crippen LogP contribution in [-0.2, 0) is 14.3 Å². The van der Waals surface area contributed by atoms with Crippen LogP contribution in [0.3, 0.4) is 0 Å². The van der Waals surface area contributed by atoms with Crippen molar-refractivity contribution in [2.75, 3.05) is 13.2 Å². The molecule has 1 aromatic rings. The average molecular weight is 293 g/mol. The lowest BCUT2D eigenvalue weighted by molar-refractivity contribution is -0.129. The fourth-order valence-electron chi connectivity index (χ4n) is 1.27. The molecule has 0 atom stereocenters. The maximum atomic E-state index is 11.8. The van der Waals surface area contributed by atoms with E-state index in [-0.39, 0.29) is 19.0 Å². The number of benzene rings is 1. The Bertz CT molecular complexity index is 528. The number of amides is 1. The van der Waals surface area contributed by atoms with Crippen molar-refractivity contribution in [2.24, 2.45) is 11.1 Å².